The van der Waals surface area contributed by atoms with Crippen LogP contribution in [0, 0.1) is 12.3 Å². The molecular formula is C16H28N4. The van der Waals surface area contributed by atoms with Crippen molar-refractivity contribution in [3.8, 4) is 0 Å². The number of rotatable bonds is 4. The number of nitrogens with one attached hydrogen (secondary N) is 2. The summed E-state index contributed by atoms with van der Waals surface area (Å²) < 4.78 is 0. The van der Waals surface area contributed by atoms with Gasteiger partial charge in [-0.25, -0.2) is 9.97 Å². The van der Waals surface area contributed by atoms with E-state index >= 15 is 0 Å². The first kappa shape index (κ1) is 15.1. The summed E-state index contributed by atoms with van der Waals surface area (Å²) in [5.74, 6) is 3.16. The molecule has 1 aliphatic rings. The van der Waals surface area contributed by atoms with E-state index in [1.54, 1.807) is 0 Å². The molecule has 1 atom stereocenters. The zero-order valence-corrected chi connectivity index (χ0v) is 13.7. The maximum Gasteiger partial charge on any atom is 0.135 e. The van der Waals surface area contributed by atoms with Crippen molar-refractivity contribution in [3.05, 3.63) is 11.4 Å². The molecule has 2 rings (SSSR count). The summed E-state index contributed by atoms with van der Waals surface area (Å²) in [6.45, 7) is 11.0. The molecule has 1 fully saturated rings. The second kappa shape index (κ2) is 5.58. The lowest BCUT2D eigenvalue weighted by Gasteiger charge is -2.29. The van der Waals surface area contributed by atoms with Crippen LogP contribution in [0.1, 0.15) is 64.3 Å². The zero-order valence-electron chi connectivity index (χ0n) is 13.7. The highest BCUT2D eigenvalue weighted by Crippen LogP contribution is 2.39. The van der Waals surface area contributed by atoms with Gasteiger partial charge in [-0.3, -0.25) is 0 Å². The molecule has 0 spiro atoms. The molecule has 1 aromatic rings. The normalized spacial score (nSPS) is 21.2. The molecule has 4 heteroatoms. The number of hydrogen-bond donors (Lipinski definition) is 2. The van der Waals surface area contributed by atoms with Crippen molar-refractivity contribution in [2.75, 3.05) is 17.7 Å². The first-order chi connectivity index (χ1) is 9.35. The van der Waals surface area contributed by atoms with E-state index in [0.717, 1.165) is 23.0 Å². The van der Waals surface area contributed by atoms with Crippen LogP contribution in [0.3, 0.4) is 0 Å². The molecule has 20 heavy (non-hydrogen) atoms. The molecule has 1 unspecified atom stereocenters. The maximum absolute atomic E-state index is 4.75. The van der Waals surface area contributed by atoms with Gasteiger partial charge in [0.15, 0.2) is 0 Å². The van der Waals surface area contributed by atoms with Crippen molar-refractivity contribution < 1.29 is 0 Å². The minimum absolute atomic E-state index is 0.333. The van der Waals surface area contributed by atoms with Gasteiger partial charge in [0.1, 0.15) is 17.5 Å². The Morgan fingerprint density at radius 3 is 2.35 bits per heavy atom. The Hall–Kier alpha value is -1.32. The van der Waals surface area contributed by atoms with Crippen molar-refractivity contribution >= 4 is 11.6 Å². The summed E-state index contributed by atoms with van der Waals surface area (Å²) in [6.07, 6.45) is 3.80. The highest BCUT2D eigenvalue weighted by atomic mass is 15.1. The lowest BCUT2D eigenvalue weighted by atomic mass is 9.87. The summed E-state index contributed by atoms with van der Waals surface area (Å²) >= 11 is 0. The van der Waals surface area contributed by atoms with Crippen molar-refractivity contribution in [2.24, 2.45) is 5.41 Å². The molecule has 0 aromatic carbocycles. The van der Waals surface area contributed by atoms with Crippen LogP contribution in [0.4, 0.5) is 11.6 Å². The Bertz CT molecular complexity index is 480. The second-order valence-electron chi connectivity index (χ2n) is 6.89. The standard InChI is InChI=1S/C16H28N4/c1-10(2)13-19-14(17-6)11(3)15(20-13)18-12-8-7-9-16(12,4)5/h10,12H,7-9H2,1-6H3,(H2,17,18,19,20). The zero-order chi connectivity index (χ0) is 14.9. The highest BCUT2D eigenvalue weighted by molar-refractivity contribution is 5.57. The Morgan fingerprint density at radius 1 is 1.20 bits per heavy atom. The lowest BCUT2D eigenvalue weighted by molar-refractivity contribution is 0.349. The van der Waals surface area contributed by atoms with E-state index in [4.69, 9.17) is 4.98 Å². The fraction of sp³-hybridized carbons (Fsp3) is 0.750. The Labute approximate surface area is 122 Å². The molecular weight excluding hydrogens is 248 g/mol. The molecule has 4 nitrogen and oxygen atoms in total. The van der Waals surface area contributed by atoms with E-state index < -0.39 is 0 Å². The predicted octanol–water partition coefficient (Wildman–Crippen LogP) is 3.94. The van der Waals surface area contributed by atoms with Crippen LogP contribution in [0.2, 0.25) is 0 Å². The van der Waals surface area contributed by atoms with Gasteiger partial charge in [-0.15, -0.1) is 0 Å². The number of hydrogen-bond acceptors (Lipinski definition) is 4. The average molecular weight is 276 g/mol. The number of aromatic nitrogens is 2. The fourth-order valence-electron chi connectivity index (χ4n) is 2.94. The van der Waals surface area contributed by atoms with E-state index in [9.17, 15) is 0 Å². The molecule has 2 N–H and O–H groups in total. The van der Waals surface area contributed by atoms with Crippen molar-refractivity contribution in [2.45, 2.75) is 65.8 Å². The van der Waals surface area contributed by atoms with Crippen molar-refractivity contribution in [3.63, 3.8) is 0 Å². The molecule has 1 aliphatic carbocycles. The third-order valence-corrected chi connectivity index (χ3v) is 4.48. The predicted molar refractivity (Wildman–Crippen MR) is 85.4 cm³/mol. The number of nitrogens with zero attached hydrogens (tertiary/aromatic N) is 2. The highest BCUT2D eigenvalue weighted by Gasteiger charge is 2.35. The summed E-state index contributed by atoms with van der Waals surface area (Å²) in [4.78, 5) is 9.35. The topological polar surface area (TPSA) is 49.8 Å². The summed E-state index contributed by atoms with van der Waals surface area (Å²) in [5, 5.41) is 6.86. The van der Waals surface area contributed by atoms with Gasteiger partial charge in [0.05, 0.1) is 0 Å². The molecule has 0 amide bonds. The average Bonchev–Trinajstić information content (AvgIpc) is 2.71. The van der Waals surface area contributed by atoms with Gasteiger partial charge in [-0.1, -0.05) is 34.1 Å². The largest absolute Gasteiger partial charge is 0.373 e. The smallest absolute Gasteiger partial charge is 0.135 e. The van der Waals surface area contributed by atoms with Gasteiger partial charge < -0.3 is 10.6 Å². The number of anilines is 2. The van der Waals surface area contributed by atoms with Crippen LogP contribution in [-0.2, 0) is 0 Å². The van der Waals surface area contributed by atoms with E-state index in [0.29, 0.717) is 17.4 Å². The first-order valence-corrected chi connectivity index (χ1v) is 7.68. The van der Waals surface area contributed by atoms with Crippen LogP contribution >= 0.6 is 0 Å². The third kappa shape index (κ3) is 2.89. The molecule has 1 aromatic heterocycles. The maximum atomic E-state index is 4.75. The van der Waals surface area contributed by atoms with Gasteiger partial charge in [0.25, 0.3) is 0 Å². The Morgan fingerprint density at radius 2 is 1.85 bits per heavy atom. The molecule has 0 aliphatic heterocycles. The first-order valence-electron chi connectivity index (χ1n) is 7.68. The Kier molecular flexibility index (Phi) is 4.21. The van der Waals surface area contributed by atoms with Crippen molar-refractivity contribution in [1.29, 1.82) is 0 Å². The molecule has 0 saturated heterocycles. The van der Waals surface area contributed by atoms with E-state index in [1.165, 1.54) is 19.3 Å². The van der Waals surface area contributed by atoms with E-state index in [2.05, 4.69) is 50.2 Å². The third-order valence-electron chi connectivity index (χ3n) is 4.48. The summed E-state index contributed by atoms with van der Waals surface area (Å²) in [5.41, 5.74) is 1.45. The van der Waals surface area contributed by atoms with Crippen LogP contribution in [0.5, 0.6) is 0 Å². The molecule has 0 bridgehead atoms. The van der Waals surface area contributed by atoms with Crippen LogP contribution in [-0.4, -0.2) is 23.1 Å². The van der Waals surface area contributed by atoms with Crippen LogP contribution in [0.25, 0.3) is 0 Å². The fourth-order valence-corrected chi connectivity index (χ4v) is 2.94. The van der Waals surface area contributed by atoms with E-state index in [-0.39, 0.29) is 0 Å². The van der Waals surface area contributed by atoms with Crippen LogP contribution in [0.15, 0.2) is 0 Å². The van der Waals surface area contributed by atoms with Gasteiger partial charge in [-0.2, -0.15) is 0 Å². The van der Waals surface area contributed by atoms with Gasteiger partial charge in [-0.05, 0) is 25.2 Å². The van der Waals surface area contributed by atoms with Crippen LogP contribution < -0.4 is 10.6 Å². The van der Waals surface area contributed by atoms with E-state index in [1.807, 2.05) is 7.05 Å². The molecule has 1 heterocycles. The van der Waals surface area contributed by atoms with Crippen molar-refractivity contribution in [1.82, 2.24) is 9.97 Å². The van der Waals surface area contributed by atoms with Gasteiger partial charge >= 0.3 is 0 Å². The Balaban J connectivity index is 2.33. The lowest BCUT2D eigenvalue weighted by Crippen LogP contribution is -2.31. The van der Waals surface area contributed by atoms with Gasteiger partial charge in [0, 0.05) is 24.6 Å². The second-order valence-corrected chi connectivity index (χ2v) is 6.89. The monoisotopic (exact) mass is 276 g/mol. The summed E-state index contributed by atoms with van der Waals surface area (Å²) in [7, 11) is 1.92. The summed E-state index contributed by atoms with van der Waals surface area (Å²) in [6, 6.07) is 0.501. The molecule has 112 valence electrons. The quantitative estimate of drug-likeness (QED) is 0.874. The molecule has 0 radical (unpaired) electrons. The van der Waals surface area contributed by atoms with Gasteiger partial charge in [0.2, 0.25) is 0 Å². The molecule has 1 saturated carbocycles. The minimum Gasteiger partial charge on any atom is -0.373 e. The minimum atomic E-state index is 0.333. The SMILES string of the molecule is CNc1nc(C(C)C)nc(NC2CCCC2(C)C)c1C.